The number of carbonyl (C=O) groups is 1. The summed E-state index contributed by atoms with van der Waals surface area (Å²) in [5.74, 6) is 0.0657. The highest BCUT2D eigenvalue weighted by molar-refractivity contribution is 5.93. The van der Waals surface area contributed by atoms with E-state index in [-0.39, 0.29) is 11.5 Å². The third kappa shape index (κ3) is 3.76. The number of morpholine rings is 1. The summed E-state index contributed by atoms with van der Waals surface area (Å²) < 4.78 is 6.20. The van der Waals surface area contributed by atoms with E-state index in [2.05, 4.69) is 20.9 Å². The molecule has 2 aliphatic heterocycles. The van der Waals surface area contributed by atoms with Crippen LogP contribution >= 0.6 is 0 Å². The molecule has 0 aromatic carbocycles. The highest BCUT2D eigenvalue weighted by Gasteiger charge is 2.40. The third-order valence-corrected chi connectivity index (χ3v) is 5.33. The molecule has 2 saturated heterocycles. The lowest BCUT2D eigenvalue weighted by Gasteiger charge is -2.47. The largest absolute Gasteiger partial charge is 0.372 e. The molecule has 4 rings (SSSR count). The number of aromatic nitrogens is 2. The molecule has 2 fully saturated rings. The summed E-state index contributed by atoms with van der Waals surface area (Å²) >= 11 is 0. The Balaban J connectivity index is 1.36. The van der Waals surface area contributed by atoms with Gasteiger partial charge in [-0.05, 0) is 36.6 Å². The summed E-state index contributed by atoms with van der Waals surface area (Å²) in [7, 11) is 0. The van der Waals surface area contributed by atoms with E-state index >= 15 is 0 Å². The first-order valence-electron chi connectivity index (χ1n) is 9.19. The minimum atomic E-state index is -0.133. The predicted octanol–water partition coefficient (Wildman–Crippen LogP) is 1.98. The molecule has 0 bridgehead atoms. The second kappa shape index (κ2) is 7.51. The summed E-state index contributed by atoms with van der Waals surface area (Å²) in [4.78, 5) is 25.2. The van der Waals surface area contributed by atoms with E-state index in [1.165, 1.54) is 5.56 Å². The van der Waals surface area contributed by atoms with E-state index in [0.29, 0.717) is 5.56 Å². The molecule has 26 heavy (non-hydrogen) atoms. The number of rotatable bonds is 3. The maximum atomic E-state index is 12.6. The number of piperidine rings is 1. The Morgan fingerprint density at radius 2 is 1.85 bits per heavy atom. The first-order chi connectivity index (χ1) is 12.7. The third-order valence-electron chi connectivity index (χ3n) is 5.33. The molecule has 1 amide bonds. The van der Waals surface area contributed by atoms with Crippen molar-refractivity contribution in [3.63, 3.8) is 0 Å². The van der Waals surface area contributed by atoms with E-state index in [1.54, 1.807) is 24.7 Å². The van der Waals surface area contributed by atoms with Crippen LogP contribution in [0.1, 0.15) is 28.8 Å². The Hall–Kier alpha value is -2.31. The quantitative estimate of drug-likeness (QED) is 0.845. The highest BCUT2D eigenvalue weighted by Crippen LogP contribution is 2.31. The van der Waals surface area contributed by atoms with Crippen LogP contribution in [-0.2, 0) is 11.3 Å². The molecule has 4 heterocycles. The van der Waals surface area contributed by atoms with Gasteiger partial charge in [-0.15, -0.1) is 0 Å². The summed E-state index contributed by atoms with van der Waals surface area (Å²) in [5, 5.41) is 0. The van der Waals surface area contributed by atoms with Crippen molar-refractivity contribution in [2.45, 2.75) is 25.0 Å². The maximum absolute atomic E-state index is 12.6. The highest BCUT2D eigenvalue weighted by atomic mass is 16.5. The van der Waals surface area contributed by atoms with Crippen LogP contribution in [0.2, 0.25) is 0 Å². The number of amides is 1. The fraction of sp³-hybridized carbons (Fsp3) is 0.450. The smallest absolute Gasteiger partial charge is 0.255 e. The number of hydrogen-bond acceptors (Lipinski definition) is 5. The molecule has 2 aromatic rings. The van der Waals surface area contributed by atoms with Gasteiger partial charge in [0.25, 0.3) is 5.91 Å². The average molecular weight is 352 g/mol. The number of pyridine rings is 2. The first kappa shape index (κ1) is 17.1. The maximum Gasteiger partial charge on any atom is 0.255 e. The van der Waals surface area contributed by atoms with Crippen molar-refractivity contribution in [2.24, 2.45) is 0 Å². The SMILES string of the molecule is O=C(c1cccnc1)N1CCC2(CC1)CN(Cc1cccnc1)CCO2. The van der Waals surface area contributed by atoms with Crippen molar-refractivity contribution in [2.75, 3.05) is 32.8 Å². The lowest BCUT2D eigenvalue weighted by atomic mass is 9.89. The topological polar surface area (TPSA) is 58.6 Å². The molecule has 2 aliphatic rings. The van der Waals surface area contributed by atoms with Crippen LogP contribution in [0.3, 0.4) is 0 Å². The zero-order valence-electron chi connectivity index (χ0n) is 14.9. The molecule has 136 valence electrons. The Morgan fingerprint density at radius 3 is 2.54 bits per heavy atom. The van der Waals surface area contributed by atoms with Crippen molar-refractivity contribution >= 4 is 5.91 Å². The van der Waals surface area contributed by atoms with Gasteiger partial charge in [-0.1, -0.05) is 6.07 Å². The van der Waals surface area contributed by atoms with Gasteiger partial charge in [0.05, 0.1) is 17.8 Å². The van der Waals surface area contributed by atoms with Crippen LogP contribution < -0.4 is 0 Å². The van der Waals surface area contributed by atoms with Gasteiger partial charge in [0.2, 0.25) is 0 Å². The van der Waals surface area contributed by atoms with Gasteiger partial charge in [0, 0.05) is 57.5 Å². The molecule has 0 atom stereocenters. The number of carbonyl (C=O) groups excluding carboxylic acids is 1. The van der Waals surface area contributed by atoms with Gasteiger partial charge in [0.1, 0.15) is 0 Å². The molecule has 0 N–H and O–H groups in total. The molecule has 6 heteroatoms. The summed E-state index contributed by atoms with van der Waals surface area (Å²) in [6.45, 7) is 4.96. The van der Waals surface area contributed by atoms with E-state index in [0.717, 1.165) is 52.2 Å². The van der Waals surface area contributed by atoms with E-state index in [4.69, 9.17) is 4.74 Å². The lowest BCUT2D eigenvalue weighted by Crippen LogP contribution is -2.57. The number of likely N-dealkylation sites (tertiary alicyclic amines) is 1. The number of nitrogens with zero attached hydrogens (tertiary/aromatic N) is 4. The first-order valence-corrected chi connectivity index (χ1v) is 9.19. The van der Waals surface area contributed by atoms with Gasteiger partial charge in [-0.25, -0.2) is 0 Å². The molecular formula is C20H24N4O2. The zero-order chi connectivity index (χ0) is 17.8. The Bertz CT molecular complexity index is 730. The number of ether oxygens (including phenoxy) is 1. The Labute approximate surface area is 153 Å². The van der Waals surface area contributed by atoms with Gasteiger partial charge >= 0.3 is 0 Å². The summed E-state index contributed by atoms with van der Waals surface area (Å²) in [6.07, 6.45) is 8.82. The molecule has 0 unspecified atom stereocenters. The molecule has 0 radical (unpaired) electrons. The van der Waals surface area contributed by atoms with Crippen LogP contribution in [-0.4, -0.2) is 64.1 Å². The van der Waals surface area contributed by atoms with Crippen molar-refractivity contribution in [3.05, 3.63) is 60.2 Å². The van der Waals surface area contributed by atoms with E-state index < -0.39 is 0 Å². The fourth-order valence-corrected chi connectivity index (χ4v) is 3.90. The molecule has 6 nitrogen and oxygen atoms in total. The molecule has 1 spiro atoms. The zero-order valence-corrected chi connectivity index (χ0v) is 14.9. The number of hydrogen-bond donors (Lipinski definition) is 0. The Kier molecular flexibility index (Phi) is 4.95. The van der Waals surface area contributed by atoms with Gasteiger partial charge < -0.3 is 9.64 Å². The van der Waals surface area contributed by atoms with Crippen LogP contribution in [0.25, 0.3) is 0 Å². The van der Waals surface area contributed by atoms with Crippen molar-refractivity contribution in [1.82, 2.24) is 19.8 Å². The average Bonchev–Trinajstić information content (AvgIpc) is 2.70. The predicted molar refractivity (Wildman–Crippen MR) is 97.6 cm³/mol. The monoisotopic (exact) mass is 352 g/mol. The van der Waals surface area contributed by atoms with Crippen molar-refractivity contribution in [1.29, 1.82) is 0 Å². The van der Waals surface area contributed by atoms with E-state index in [1.807, 2.05) is 23.2 Å². The fourth-order valence-electron chi connectivity index (χ4n) is 3.90. The molecule has 0 aliphatic carbocycles. The summed E-state index contributed by atoms with van der Waals surface area (Å²) in [5.41, 5.74) is 1.76. The summed E-state index contributed by atoms with van der Waals surface area (Å²) in [6, 6.07) is 7.73. The second-order valence-electron chi connectivity index (χ2n) is 7.14. The molecule has 2 aromatic heterocycles. The molecular weight excluding hydrogens is 328 g/mol. The standard InChI is InChI=1S/C20H24N4O2/c25-19(18-4-2-8-22-14-18)24-9-5-20(6-10-24)16-23(11-12-26-20)15-17-3-1-7-21-13-17/h1-4,7-8,13-14H,5-6,9-12,15-16H2. The van der Waals surface area contributed by atoms with Gasteiger partial charge in [-0.3, -0.25) is 19.7 Å². The van der Waals surface area contributed by atoms with Crippen LogP contribution in [0, 0.1) is 0 Å². The minimum Gasteiger partial charge on any atom is -0.372 e. The lowest BCUT2D eigenvalue weighted by molar-refractivity contribution is -0.134. The van der Waals surface area contributed by atoms with Crippen molar-refractivity contribution < 1.29 is 9.53 Å². The van der Waals surface area contributed by atoms with Crippen LogP contribution in [0.4, 0.5) is 0 Å². The molecule has 0 saturated carbocycles. The van der Waals surface area contributed by atoms with Gasteiger partial charge in [0.15, 0.2) is 0 Å². The Morgan fingerprint density at radius 1 is 1.08 bits per heavy atom. The minimum absolute atomic E-state index is 0.0657. The van der Waals surface area contributed by atoms with Gasteiger partial charge in [-0.2, -0.15) is 0 Å². The van der Waals surface area contributed by atoms with Crippen LogP contribution in [0.5, 0.6) is 0 Å². The second-order valence-corrected chi connectivity index (χ2v) is 7.14. The normalized spacial score (nSPS) is 20.2. The van der Waals surface area contributed by atoms with E-state index in [9.17, 15) is 4.79 Å². The van der Waals surface area contributed by atoms with Crippen LogP contribution in [0.15, 0.2) is 49.1 Å². The van der Waals surface area contributed by atoms with Crippen molar-refractivity contribution in [3.8, 4) is 0 Å².